The highest BCUT2D eigenvalue weighted by Gasteiger charge is 2.23. The van der Waals surface area contributed by atoms with Crippen LogP contribution in [-0.2, 0) is 16.4 Å². The highest BCUT2D eigenvalue weighted by molar-refractivity contribution is 7.95. The fourth-order valence-corrected chi connectivity index (χ4v) is 2.69. The number of thiocarbonyl (C=S) groups is 1. The van der Waals surface area contributed by atoms with Crippen molar-refractivity contribution >= 4 is 32.9 Å². The number of para-hydroxylation sites is 1. The van der Waals surface area contributed by atoms with Crippen molar-refractivity contribution in [3.63, 3.8) is 0 Å². The van der Waals surface area contributed by atoms with Gasteiger partial charge in [0.1, 0.15) is 5.25 Å². The maximum atomic E-state index is 11.9. The first-order valence-corrected chi connectivity index (χ1v) is 7.22. The lowest BCUT2D eigenvalue weighted by Crippen LogP contribution is -2.35. The zero-order valence-corrected chi connectivity index (χ0v) is 11.4. The molecule has 1 atom stereocenters. The molecule has 1 rings (SSSR count). The maximum Gasteiger partial charge on any atom is 0.241 e. The molecule has 94 valence electrons. The molecule has 6 heteroatoms. The zero-order chi connectivity index (χ0) is 13.1. The Hall–Kier alpha value is -1.14. The molecular weight excluding hydrogens is 256 g/mol. The van der Waals surface area contributed by atoms with Gasteiger partial charge in [-0.05, 0) is 25.0 Å². The summed E-state index contributed by atoms with van der Waals surface area (Å²) >= 11 is 4.70. The van der Waals surface area contributed by atoms with E-state index in [1.54, 1.807) is 12.1 Å². The molecule has 0 aliphatic rings. The van der Waals surface area contributed by atoms with Crippen molar-refractivity contribution in [2.75, 3.05) is 4.72 Å². The molecule has 0 radical (unpaired) electrons. The van der Waals surface area contributed by atoms with Gasteiger partial charge in [0.05, 0.1) is 10.7 Å². The number of benzene rings is 1. The predicted octanol–water partition coefficient (Wildman–Crippen LogP) is 1.67. The van der Waals surface area contributed by atoms with E-state index in [1.807, 2.05) is 19.1 Å². The smallest absolute Gasteiger partial charge is 0.241 e. The molecular formula is C11H16N2O2S2. The molecule has 0 heterocycles. The van der Waals surface area contributed by atoms with E-state index in [1.165, 1.54) is 6.92 Å². The van der Waals surface area contributed by atoms with Gasteiger partial charge >= 0.3 is 0 Å². The summed E-state index contributed by atoms with van der Waals surface area (Å²) in [5.41, 5.74) is 6.88. The average molecular weight is 272 g/mol. The van der Waals surface area contributed by atoms with Crippen LogP contribution in [0.25, 0.3) is 0 Å². The Bertz CT molecular complexity index is 512. The van der Waals surface area contributed by atoms with Crippen LogP contribution in [0.2, 0.25) is 0 Å². The molecule has 1 aromatic rings. The van der Waals surface area contributed by atoms with Crippen LogP contribution in [-0.4, -0.2) is 18.7 Å². The standard InChI is InChI=1S/C11H16N2O2S2/c1-3-9-6-4-5-7-10(9)13-17(14,15)8(2)11(12)16/h4-8,13H,3H2,1-2H3,(H2,12,16). The lowest BCUT2D eigenvalue weighted by atomic mass is 10.1. The van der Waals surface area contributed by atoms with E-state index in [-0.39, 0.29) is 4.99 Å². The molecule has 0 spiro atoms. The Morgan fingerprint density at radius 1 is 1.47 bits per heavy atom. The second-order valence-electron chi connectivity index (χ2n) is 3.70. The van der Waals surface area contributed by atoms with Gasteiger partial charge in [0, 0.05) is 0 Å². The van der Waals surface area contributed by atoms with Crippen molar-refractivity contribution in [1.29, 1.82) is 0 Å². The lowest BCUT2D eigenvalue weighted by Gasteiger charge is -2.15. The number of nitrogens with one attached hydrogen (secondary N) is 1. The van der Waals surface area contributed by atoms with Crippen LogP contribution in [0.3, 0.4) is 0 Å². The van der Waals surface area contributed by atoms with Gasteiger partial charge in [0.15, 0.2) is 0 Å². The summed E-state index contributed by atoms with van der Waals surface area (Å²) in [6.07, 6.45) is 0.750. The normalized spacial score (nSPS) is 13.1. The van der Waals surface area contributed by atoms with E-state index in [0.29, 0.717) is 5.69 Å². The average Bonchev–Trinajstić information content (AvgIpc) is 2.28. The monoisotopic (exact) mass is 272 g/mol. The lowest BCUT2D eigenvalue weighted by molar-refractivity contribution is 0.598. The molecule has 17 heavy (non-hydrogen) atoms. The third-order valence-corrected chi connectivity index (χ3v) is 4.71. The second-order valence-corrected chi connectivity index (χ2v) is 6.18. The first kappa shape index (κ1) is 13.9. The molecule has 0 aliphatic carbocycles. The molecule has 0 saturated heterocycles. The second kappa shape index (κ2) is 5.46. The number of anilines is 1. The van der Waals surface area contributed by atoms with E-state index >= 15 is 0 Å². The molecule has 1 unspecified atom stereocenters. The molecule has 0 aromatic heterocycles. The van der Waals surface area contributed by atoms with Gasteiger partial charge < -0.3 is 5.73 Å². The summed E-state index contributed by atoms with van der Waals surface area (Å²) in [6, 6.07) is 7.25. The third kappa shape index (κ3) is 3.41. The Morgan fingerprint density at radius 3 is 2.59 bits per heavy atom. The van der Waals surface area contributed by atoms with E-state index in [9.17, 15) is 8.42 Å². The minimum atomic E-state index is -3.56. The summed E-state index contributed by atoms with van der Waals surface area (Å²) in [7, 11) is -3.56. The third-order valence-electron chi connectivity index (χ3n) is 2.52. The van der Waals surface area contributed by atoms with Gasteiger partial charge in [-0.15, -0.1) is 0 Å². The van der Waals surface area contributed by atoms with Crippen LogP contribution in [0.5, 0.6) is 0 Å². The SMILES string of the molecule is CCc1ccccc1NS(=O)(=O)C(C)C(N)=S. The van der Waals surface area contributed by atoms with Gasteiger partial charge in [0.2, 0.25) is 10.0 Å². The van der Waals surface area contributed by atoms with Gasteiger partial charge in [-0.1, -0.05) is 37.3 Å². The summed E-state index contributed by atoms with van der Waals surface area (Å²) in [5.74, 6) is 0. The molecule has 0 fully saturated rings. The minimum Gasteiger partial charge on any atom is -0.392 e. The molecule has 1 aromatic carbocycles. The number of nitrogens with two attached hydrogens (primary N) is 1. The van der Waals surface area contributed by atoms with Gasteiger partial charge in [-0.25, -0.2) is 8.42 Å². The molecule has 3 N–H and O–H groups in total. The quantitative estimate of drug-likeness (QED) is 0.800. The Kier molecular flexibility index (Phi) is 4.47. The predicted molar refractivity (Wildman–Crippen MR) is 74.6 cm³/mol. The molecule has 0 saturated carbocycles. The fourth-order valence-electron chi connectivity index (χ4n) is 1.32. The number of hydrogen-bond acceptors (Lipinski definition) is 3. The highest BCUT2D eigenvalue weighted by Crippen LogP contribution is 2.18. The Labute approximate surface area is 107 Å². The van der Waals surface area contributed by atoms with Crippen LogP contribution in [0.15, 0.2) is 24.3 Å². The number of rotatable bonds is 5. The number of aryl methyl sites for hydroxylation is 1. The highest BCUT2D eigenvalue weighted by atomic mass is 32.2. The first-order valence-electron chi connectivity index (χ1n) is 5.27. The minimum absolute atomic E-state index is 0.0357. The number of hydrogen-bond donors (Lipinski definition) is 2. The van der Waals surface area contributed by atoms with Crippen LogP contribution in [0, 0.1) is 0 Å². The van der Waals surface area contributed by atoms with Crippen LogP contribution >= 0.6 is 12.2 Å². The first-order chi connectivity index (χ1) is 7.88. The van der Waals surface area contributed by atoms with Gasteiger partial charge in [0.25, 0.3) is 0 Å². The van der Waals surface area contributed by atoms with Crippen molar-refractivity contribution < 1.29 is 8.42 Å². The Balaban J connectivity index is 3.02. The molecule has 0 amide bonds. The van der Waals surface area contributed by atoms with Crippen LogP contribution in [0.1, 0.15) is 19.4 Å². The summed E-state index contributed by atoms with van der Waals surface area (Å²) < 4.78 is 26.4. The summed E-state index contributed by atoms with van der Waals surface area (Å²) in [5, 5.41) is -0.887. The topological polar surface area (TPSA) is 72.2 Å². The van der Waals surface area contributed by atoms with Crippen molar-refractivity contribution in [3.8, 4) is 0 Å². The van der Waals surface area contributed by atoms with Crippen molar-refractivity contribution in [2.24, 2.45) is 5.73 Å². The Morgan fingerprint density at radius 2 is 2.06 bits per heavy atom. The summed E-state index contributed by atoms with van der Waals surface area (Å²) in [4.78, 5) is -0.0357. The molecule has 0 bridgehead atoms. The summed E-state index contributed by atoms with van der Waals surface area (Å²) in [6.45, 7) is 3.43. The fraction of sp³-hybridized carbons (Fsp3) is 0.364. The molecule has 4 nitrogen and oxygen atoms in total. The van der Waals surface area contributed by atoms with Gasteiger partial charge in [-0.3, -0.25) is 4.72 Å². The largest absolute Gasteiger partial charge is 0.392 e. The van der Waals surface area contributed by atoms with Crippen LogP contribution in [0.4, 0.5) is 5.69 Å². The van der Waals surface area contributed by atoms with Crippen molar-refractivity contribution in [3.05, 3.63) is 29.8 Å². The van der Waals surface area contributed by atoms with E-state index in [0.717, 1.165) is 12.0 Å². The van der Waals surface area contributed by atoms with Crippen LogP contribution < -0.4 is 10.5 Å². The molecule has 0 aliphatic heterocycles. The van der Waals surface area contributed by atoms with Crippen molar-refractivity contribution in [2.45, 2.75) is 25.5 Å². The maximum absolute atomic E-state index is 11.9. The van der Waals surface area contributed by atoms with Crippen molar-refractivity contribution in [1.82, 2.24) is 0 Å². The van der Waals surface area contributed by atoms with E-state index < -0.39 is 15.3 Å². The zero-order valence-electron chi connectivity index (χ0n) is 9.80. The van der Waals surface area contributed by atoms with E-state index in [4.69, 9.17) is 18.0 Å². The van der Waals surface area contributed by atoms with Gasteiger partial charge in [-0.2, -0.15) is 0 Å². The number of sulfonamides is 1. The van der Waals surface area contributed by atoms with E-state index in [2.05, 4.69) is 4.72 Å².